The highest BCUT2D eigenvalue weighted by Gasteiger charge is 2.33. The predicted molar refractivity (Wildman–Crippen MR) is 91.2 cm³/mol. The van der Waals surface area contributed by atoms with Crippen molar-refractivity contribution in [2.75, 3.05) is 24.5 Å². The van der Waals surface area contributed by atoms with Crippen LogP contribution in [0.4, 0.5) is 10.8 Å². The third-order valence-corrected chi connectivity index (χ3v) is 4.51. The van der Waals surface area contributed by atoms with Crippen LogP contribution in [0.5, 0.6) is 0 Å². The minimum Gasteiger partial charge on any atom is -0.418 e. The molecule has 1 aromatic heterocycles. The first-order valence-electron chi connectivity index (χ1n) is 8.55. The van der Waals surface area contributed by atoms with E-state index in [0.717, 1.165) is 5.56 Å². The van der Waals surface area contributed by atoms with E-state index in [2.05, 4.69) is 10.3 Å². The van der Waals surface area contributed by atoms with Crippen LogP contribution in [0.2, 0.25) is 0 Å². The maximum atomic E-state index is 12.6. The number of nitrogens with one attached hydrogen (secondary N) is 1. The van der Waals surface area contributed by atoms with Crippen molar-refractivity contribution in [3.63, 3.8) is 0 Å². The molecule has 7 nitrogen and oxygen atoms in total. The van der Waals surface area contributed by atoms with Crippen molar-refractivity contribution in [3.8, 4) is 0 Å². The SMILES string of the molecule is O=C(NCC1CC1)c1cnc(N2CCN(Cc3ccccc3)C2=O)o1. The number of rotatable bonds is 6. The lowest BCUT2D eigenvalue weighted by molar-refractivity contribution is 0.0924. The van der Waals surface area contributed by atoms with Gasteiger partial charge >= 0.3 is 12.0 Å². The first-order valence-corrected chi connectivity index (χ1v) is 8.55. The molecule has 1 aliphatic heterocycles. The molecule has 1 aromatic carbocycles. The van der Waals surface area contributed by atoms with Gasteiger partial charge in [0.15, 0.2) is 0 Å². The fraction of sp³-hybridized carbons (Fsp3) is 0.389. The Morgan fingerprint density at radius 3 is 2.80 bits per heavy atom. The van der Waals surface area contributed by atoms with E-state index in [4.69, 9.17) is 4.42 Å². The molecule has 3 amide bonds. The molecule has 0 unspecified atom stereocenters. The summed E-state index contributed by atoms with van der Waals surface area (Å²) in [6.07, 6.45) is 3.72. The van der Waals surface area contributed by atoms with Gasteiger partial charge < -0.3 is 14.6 Å². The highest BCUT2D eigenvalue weighted by Crippen LogP contribution is 2.28. The third-order valence-electron chi connectivity index (χ3n) is 4.51. The number of benzene rings is 1. The fourth-order valence-corrected chi connectivity index (χ4v) is 2.85. The molecule has 1 saturated carbocycles. The second kappa shape index (κ2) is 6.58. The Labute approximate surface area is 145 Å². The number of oxazole rings is 1. The average Bonchev–Trinajstić information content (AvgIpc) is 3.22. The normalized spacial score (nSPS) is 17.2. The molecule has 2 heterocycles. The van der Waals surface area contributed by atoms with Gasteiger partial charge in [0.05, 0.1) is 6.20 Å². The van der Waals surface area contributed by atoms with E-state index < -0.39 is 0 Å². The van der Waals surface area contributed by atoms with Gasteiger partial charge in [-0.2, -0.15) is 0 Å². The molecule has 4 rings (SSSR count). The van der Waals surface area contributed by atoms with Gasteiger partial charge in [0, 0.05) is 26.2 Å². The number of nitrogens with zero attached hydrogens (tertiary/aromatic N) is 3. The van der Waals surface area contributed by atoms with Crippen LogP contribution < -0.4 is 10.2 Å². The van der Waals surface area contributed by atoms with Gasteiger partial charge in [0.1, 0.15) is 0 Å². The number of aromatic nitrogens is 1. The lowest BCUT2D eigenvalue weighted by atomic mass is 10.2. The second-order valence-electron chi connectivity index (χ2n) is 6.50. The van der Waals surface area contributed by atoms with E-state index in [-0.39, 0.29) is 23.7 Å². The molecule has 0 spiro atoms. The van der Waals surface area contributed by atoms with Crippen molar-refractivity contribution >= 4 is 18.0 Å². The summed E-state index contributed by atoms with van der Waals surface area (Å²) in [6, 6.07) is 9.85. The number of hydrogen-bond donors (Lipinski definition) is 1. The van der Waals surface area contributed by atoms with E-state index in [1.54, 1.807) is 4.90 Å². The molecule has 1 saturated heterocycles. The Bertz CT molecular complexity index is 770. The molecule has 7 heteroatoms. The molecule has 0 atom stereocenters. The Morgan fingerprint density at radius 1 is 1.24 bits per heavy atom. The molecular formula is C18H20N4O3. The van der Waals surface area contributed by atoms with Gasteiger partial charge in [-0.1, -0.05) is 30.3 Å². The first kappa shape index (κ1) is 15.7. The second-order valence-corrected chi connectivity index (χ2v) is 6.50. The predicted octanol–water partition coefficient (Wildman–Crippen LogP) is 2.26. The summed E-state index contributed by atoms with van der Waals surface area (Å²) >= 11 is 0. The molecule has 1 aliphatic carbocycles. The zero-order valence-corrected chi connectivity index (χ0v) is 13.9. The summed E-state index contributed by atoms with van der Waals surface area (Å²) in [7, 11) is 0. The van der Waals surface area contributed by atoms with Gasteiger partial charge in [-0.15, -0.1) is 0 Å². The van der Waals surface area contributed by atoms with Crippen LogP contribution in [-0.2, 0) is 6.54 Å². The topological polar surface area (TPSA) is 78.7 Å². The number of carbonyl (C=O) groups excluding carboxylic acids is 2. The van der Waals surface area contributed by atoms with Crippen LogP contribution in [0.25, 0.3) is 0 Å². The molecule has 1 N–H and O–H groups in total. The van der Waals surface area contributed by atoms with Crippen LogP contribution in [0.15, 0.2) is 40.9 Å². The zero-order chi connectivity index (χ0) is 17.2. The van der Waals surface area contributed by atoms with Gasteiger partial charge in [0.2, 0.25) is 5.76 Å². The average molecular weight is 340 g/mol. The molecule has 0 radical (unpaired) electrons. The number of urea groups is 1. The van der Waals surface area contributed by atoms with E-state index in [1.165, 1.54) is 23.9 Å². The number of anilines is 1. The van der Waals surface area contributed by atoms with Crippen molar-refractivity contribution < 1.29 is 14.0 Å². The van der Waals surface area contributed by atoms with Crippen molar-refractivity contribution in [2.45, 2.75) is 19.4 Å². The molecule has 25 heavy (non-hydrogen) atoms. The number of hydrogen-bond acceptors (Lipinski definition) is 4. The molecule has 0 bridgehead atoms. The first-order chi connectivity index (χ1) is 12.2. The lowest BCUT2D eigenvalue weighted by Gasteiger charge is -2.16. The molecule has 2 aromatic rings. The minimum absolute atomic E-state index is 0.143. The maximum Gasteiger partial charge on any atom is 0.328 e. The van der Waals surface area contributed by atoms with E-state index in [9.17, 15) is 9.59 Å². The van der Waals surface area contributed by atoms with Crippen LogP contribution in [0, 0.1) is 5.92 Å². The van der Waals surface area contributed by atoms with Gasteiger partial charge in [0.25, 0.3) is 5.91 Å². The van der Waals surface area contributed by atoms with E-state index in [0.29, 0.717) is 32.1 Å². The Balaban J connectivity index is 1.38. The van der Waals surface area contributed by atoms with Gasteiger partial charge in [-0.25, -0.2) is 14.7 Å². The quantitative estimate of drug-likeness (QED) is 0.875. The zero-order valence-electron chi connectivity index (χ0n) is 13.9. The molecule has 2 fully saturated rings. The molecular weight excluding hydrogens is 320 g/mol. The van der Waals surface area contributed by atoms with Gasteiger partial charge in [-0.3, -0.25) is 4.79 Å². The van der Waals surface area contributed by atoms with Crippen molar-refractivity contribution in [1.29, 1.82) is 0 Å². The van der Waals surface area contributed by atoms with Crippen LogP contribution in [0.3, 0.4) is 0 Å². The summed E-state index contributed by atoms with van der Waals surface area (Å²) in [5.41, 5.74) is 1.07. The summed E-state index contributed by atoms with van der Waals surface area (Å²) < 4.78 is 5.51. The van der Waals surface area contributed by atoms with Crippen LogP contribution >= 0.6 is 0 Å². The lowest BCUT2D eigenvalue weighted by Crippen LogP contribution is -2.31. The third kappa shape index (κ3) is 3.50. The maximum absolute atomic E-state index is 12.6. The van der Waals surface area contributed by atoms with Crippen molar-refractivity contribution in [1.82, 2.24) is 15.2 Å². The fourth-order valence-electron chi connectivity index (χ4n) is 2.85. The Kier molecular flexibility index (Phi) is 4.13. The van der Waals surface area contributed by atoms with Crippen LogP contribution in [0.1, 0.15) is 29.0 Å². The summed E-state index contributed by atoms with van der Waals surface area (Å²) in [5, 5.41) is 2.83. The van der Waals surface area contributed by atoms with Crippen molar-refractivity contribution in [2.24, 2.45) is 5.92 Å². The summed E-state index contributed by atoms with van der Waals surface area (Å²) in [4.78, 5) is 31.9. The van der Waals surface area contributed by atoms with Gasteiger partial charge in [-0.05, 0) is 24.3 Å². The monoisotopic (exact) mass is 340 g/mol. The van der Waals surface area contributed by atoms with E-state index in [1.807, 2.05) is 30.3 Å². The van der Waals surface area contributed by atoms with Crippen LogP contribution in [-0.4, -0.2) is 41.5 Å². The number of carbonyl (C=O) groups is 2. The Hall–Kier alpha value is -2.83. The summed E-state index contributed by atoms with van der Waals surface area (Å²) in [5.74, 6) is 0.460. The van der Waals surface area contributed by atoms with Crippen molar-refractivity contribution in [3.05, 3.63) is 47.9 Å². The molecule has 130 valence electrons. The largest absolute Gasteiger partial charge is 0.418 e. The summed E-state index contributed by atoms with van der Waals surface area (Å²) in [6.45, 7) is 2.31. The minimum atomic E-state index is -0.279. The highest BCUT2D eigenvalue weighted by atomic mass is 16.4. The number of amides is 3. The smallest absolute Gasteiger partial charge is 0.328 e. The molecule has 2 aliphatic rings. The highest BCUT2D eigenvalue weighted by molar-refractivity contribution is 5.94. The van der Waals surface area contributed by atoms with E-state index >= 15 is 0 Å². The standard InChI is InChI=1S/C18H20N4O3/c23-16(19-10-13-6-7-13)15-11-20-17(25-15)22-9-8-21(18(22)24)12-14-4-2-1-3-5-14/h1-5,11,13H,6-10,12H2,(H,19,23). The Morgan fingerprint density at radius 2 is 2.04 bits per heavy atom.